The molecular formula is C20H28N2O3S. The first kappa shape index (κ1) is 19.1. The Labute approximate surface area is 158 Å². The summed E-state index contributed by atoms with van der Waals surface area (Å²) in [6.45, 7) is 9.23. The van der Waals surface area contributed by atoms with Gasteiger partial charge in [-0.05, 0) is 42.6 Å². The third kappa shape index (κ3) is 3.85. The van der Waals surface area contributed by atoms with E-state index in [1.54, 1.807) is 11.3 Å². The molecule has 1 aliphatic carbocycles. The summed E-state index contributed by atoms with van der Waals surface area (Å²) in [5.74, 6) is 0.248. The Hall–Kier alpha value is -1.69. The number of hydrogen-bond donors (Lipinski definition) is 0. The molecule has 5 nitrogen and oxygen atoms in total. The molecule has 0 saturated carbocycles. The van der Waals surface area contributed by atoms with Gasteiger partial charge in [0.15, 0.2) is 0 Å². The lowest BCUT2D eigenvalue weighted by molar-refractivity contribution is -0.144. The van der Waals surface area contributed by atoms with E-state index < -0.39 is 0 Å². The highest BCUT2D eigenvalue weighted by Crippen LogP contribution is 2.41. The van der Waals surface area contributed by atoms with Crippen LogP contribution in [0.2, 0.25) is 0 Å². The van der Waals surface area contributed by atoms with Crippen molar-refractivity contribution >= 4 is 27.5 Å². The molecule has 0 saturated heterocycles. The maximum absolute atomic E-state index is 12.9. The molecule has 0 N–H and O–H groups in total. The van der Waals surface area contributed by atoms with Crippen LogP contribution in [0.4, 0.5) is 0 Å². The molecule has 1 unspecified atom stereocenters. The number of nitrogens with zero attached hydrogens (tertiary/aromatic N) is 2. The molecule has 1 atom stereocenters. The molecule has 0 amide bonds. The van der Waals surface area contributed by atoms with Crippen molar-refractivity contribution in [3.8, 4) is 0 Å². The summed E-state index contributed by atoms with van der Waals surface area (Å²) in [5, 5.41) is 0.709. The average Bonchev–Trinajstić information content (AvgIpc) is 2.95. The number of ether oxygens (including phenoxy) is 1. The van der Waals surface area contributed by atoms with E-state index in [2.05, 4.69) is 25.8 Å². The molecule has 142 valence electrons. The highest BCUT2D eigenvalue weighted by Gasteiger charge is 2.31. The summed E-state index contributed by atoms with van der Waals surface area (Å²) >= 11 is 1.64. The second kappa shape index (κ2) is 7.51. The Morgan fingerprint density at radius 3 is 2.88 bits per heavy atom. The number of hydrogen-bond acceptors (Lipinski definition) is 5. The standard InChI is InChI=1S/C20H28N2O3S/c1-5-6-9-25-16(23)11-22-12-21-18-17(19(22)24)14-8-7-13(20(2,3)4)10-15(14)26-18/h12-13H,5-11H2,1-4H3. The van der Waals surface area contributed by atoms with Gasteiger partial charge in [0, 0.05) is 4.88 Å². The Balaban J connectivity index is 1.86. The molecule has 0 bridgehead atoms. The summed E-state index contributed by atoms with van der Waals surface area (Å²) in [7, 11) is 0. The maximum atomic E-state index is 12.9. The highest BCUT2D eigenvalue weighted by atomic mass is 32.1. The van der Waals surface area contributed by atoms with Crippen molar-refractivity contribution in [1.29, 1.82) is 0 Å². The van der Waals surface area contributed by atoms with Crippen LogP contribution in [0.25, 0.3) is 10.2 Å². The molecule has 6 heteroatoms. The summed E-state index contributed by atoms with van der Waals surface area (Å²) in [6, 6.07) is 0. The monoisotopic (exact) mass is 376 g/mol. The molecule has 2 aromatic heterocycles. The topological polar surface area (TPSA) is 61.2 Å². The molecule has 3 rings (SSSR count). The van der Waals surface area contributed by atoms with Gasteiger partial charge >= 0.3 is 5.97 Å². The molecule has 2 aromatic rings. The molecule has 0 aromatic carbocycles. The molecule has 0 aliphatic heterocycles. The van der Waals surface area contributed by atoms with E-state index in [4.69, 9.17) is 4.74 Å². The van der Waals surface area contributed by atoms with Gasteiger partial charge in [0.1, 0.15) is 11.4 Å². The van der Waals surface area contributed by atoms with Crippen LogP contribution in [0.1, 0.15) is 57.4 Å². The fourth-order valence-electron chi connectivity index (χ4n) is 3.57. The predicted molar refractivity (Wildman–Crippen MR) is 105 cm³/mol. The van der Waals surface area contributed by atoms with Crippen LogP contribution in [0.5, 0.6) is 0 Å². The third-order valence-corrected chi connectivity index (χ3v) is 6.48. The van der Waals surface area contributed by atoms with Gasteiger partial charge in [-0.1, -0.05) is 34.1 Å². The van der Waals surface area contributed by atoms with Crippen molar-refractivity contribution in [2.75, 3.05) is 6.61 Å². The SMILES string of the molecule is CCCCOC(=O)Cn1cnc2sc3c(c2c1=O)CCC(C(C)(C)C)C3. The van der Waals surface area contributed by atoms with Crippen molar-refractivity contribution in [2.45, 2.75) is 66.3 Å². The van der Waals surface area contributed by atoms with Gasteiger partial charge < -0.3 is 4.74 Å². The van der Waals surface area contributed by atoms with E-state index in [0.717, 1.165) is 42.5 Å². The Morgan fingerprint density at radius 1 is 1.42 bits per heavy atom. The summed E-state index contributed by atoms with van der Waals surface area (Å²) in [6.07, 6.45) is 6.31. The van der Waals surface area contributed by atoms with E-state index in [9.17, 15) is 9.59 Å². The quantitative estimate of drug-likeness (QED) is 0.585. The normalized spacial score (nSPS) is 17.3. The van der Waals surface area contributed by atoms with E-state index in [1.807, 2.05) is 6.92 Å². The van der Waals surface area contributed by atoms with Crippen LogP contribution >= 0.6 is 11.3 Å². The van der Waals surface area contributed by atoms with Crippen LogP contribution in [-0.4, -0.2) is 22.1 Å². The average molecular weight is 377 g/mol. The van der Waals surface area contributed by atoms with Gasteiger partial charge in [-0.2, -0.15) is 0 Å². The molecule has 2 heterocycles. The van der Waals surface area contributed by atoms with Crippen molar-refractivity contribution in [1.82, 2.24) is 9.55 Å². The van der Waals surface area contributed by atoms with Gasteiger partial charge in [0.25, 0.3) is 5.56 Å². The van der Waals surface area contributed by atoms with Gasteiger partial charge in [-0.15, -0.1) is 11.3 Å². The molecule has 0 radical (unpaired) electrons. The zero-order chi connectivity index (χ0) is 18.9. The summed E-state index contributed by atoms with van der Waals surface area (Å²) in [5.41, 5.74) is 1.30. The number of aromatic nitrogens is 2. The summed E-state index contributed by atoms with van der Waals surface area (Å²) in [4.78, 5) is 31.4. The Bertz CT molecular complexity index is 860. The van der Waals surface area contributed by atoms with Crippen molar-refractivity contribution < 1.29 is 9.53 Å². The molecule has 0 fully saturated rings. The minimum absolute atomic E-state index is 0.0687. The lowest BCUT2D eigenvalue weighted by Crippen LogP contribution is -2.28. The first-order chi connectivity index (χ1) is 12.3. The van der Waals surface area contributed by atoms with Crippen LogP contribution in [-0.2, 0) is 28.9 Å². The first-order valence-corrected chi connectivity index (χ1v) is 10.3. The van der Waals surface area contributed by atoms with E-state index in [1.165, 1.54) is 15.8 Å². The fourth-order valence-corrected chi connectivity index (χ4v) is 4.83. The van der Waals surface area contributed by atoms with Crippen LogP contribution in [0, 0.1) is 11.3 Å². The Morgan fingerprint density at radius 2 is 2.19 bits per heavy atom. The van der Waals surface area contributed by atoms with E-state index in [-0.39, 0.29) is 23.5 Å². The highest BCUT2D eigenvalue weighted by molar-refractivity contribution is 7.18. The van der Waals surface area contributed by atoms with E-state index >= 15 is 0 Å². The van der Waals surface area contributed by atoms with Gasteiger partial charge in [0.2, 0.25) is 0 Å². The molecule has 26 heavy (non-hydrogen) atoms. The van der Waals surface area contributed by atoms with E-state index in [0.29, 0.717) is 17.9 Å². The minimum Gasteiger partial charge on any atom is -0.464 e. The maximum Gasteiger partial charge on any atom is 0.326 e. The number of aryl methyl sites for hydroxylation is 1. The zero-order valence-corrected chi connectivity index (χ0v) is 16.9. The number of rotatable bonds is 5. The minimum atomic E-state index is -0.376. The van der Waals surface area contributed by atoms with Gasteiger partial charge in [-0.25, -0.2) is 4.98 Å². The fraction of sp³-hybridized carbons (Fsp3) is 0.650. The van der Waals surface area contributed by atoms with Crippen LogP contribution in [0.15, 0.2) is 11.1 Å². The molecular weight excluding hydrogens is 348 g/mol. The third-order valence-electron chi connectivity index (χ3n) is 5.32. The molecule has 0 spiro atoms. The lowest BCUT2D eigenvalue weighted by atomic mass is 9.72. The number of thiophene rings is 1. The van der Waals surface area contributed by atoms with Crippen LogP contribution < -0.4 is 5.56 Å². The van der Waals surface area contributed by atoms with Crippen molar-refractivity contribution in [3.63, 3.8) is 0 Å². The smallest absolute Gasteiger partial charge is 0.326 e. The molecule has 1 aliphatic rings. The second-order valence-corrected chi connectivity index (χ2v) is 9.32. The number of fused-ring (bicyclic) bond motifs is 3. The van der Waals surface area contributed by atoms with Gasteiger partial charge in [-0.3, -0.25) is 14.2 Å². The lowest BCUT2D eigenvalue weighted by Gasteiger charge is -2.33. The number of carbonyl (C=O) groups is 1. The second-order valence-electron chi connectivity index (χ2n) is 8.24. The van der Waals surface area contributed by atoms with Gasteiger partial charge in [0.05, 0.1) is 18.3 Å². The predicted octanol–water partition coefficient (Wildman–Crippen LogP) is 3.95. The largest absolute Gasteiger partial charge is 0.464 e. The van der Waals surface area contributed by atoms with Crippen molar-refractivity contribution in [3.05, 3.63) is 27.1 Å². The number of unbranched alkanes of at least 4 members (excludes halogenated alkanes) is 1. The zero-order valence-electron chi connectivity index (χ0n) is 16.1. The summed E-state index contributed by atoms with van der Waals surface area (Å²) < 4.78 is 6.56. The first-order valence-electron chi connectivity index (χ1n) is 9.46. The van der Waals surface area contributed by atoms with Crippen LogP contribution in [0.3, 0.4) is 0 Å². The number of carbonyl (C=O) groups excluding carboxylic acids is 1. The van der Waals surface area contributed by atoms with Crippen molar-refractivity contribution in [2.24, 2.45) is 11.3 Å². The Kier molecular flexibility index (Phi) is 5.51. The number of esters is 1.